The van der Waals surface area contributed by atoms with Crippen molar-refractivity contribution >= 4 is 29.1 Å². The first-order chi connectivity index (χ1) is 11.6. The van der Waals surface area contributed by atoms with Gasteiger partial charge in [-0.15, -0.1) is 0 Å². The molecule has 0 aliphatic carbocycles. The van der Waals surface area contributed by atoms with Crippen molar-refractivity contribution < 1.29 is 4.79 Å². The second-order valence-electron chi connectivity index (χ2n) is 5.09. The monoisotopic (exact) mass is 360 g/mol. The number of carbonyl (C=O) groups is 1. The number of nitrogens with one attached hydrogen (secondary N) is 1. The number of aromatic nitrogens is 3. The molecule has 122 valence electrons. The molecule has 0 bridgehead atoms. The van der Waals surface area contributed by atoms with Crippen molar-refractivity contribution in [2.24, 2.45) is 0 Å². The van der Waals surface area contributed by atoms with Gasteiger partial charge in [-0.2, -0.15) is 5.10 Å². The third-order valence-electron chi connectivity index (χ3n) is 3.43. The minimum atomic E-state index is -0.337. The predicted octanol–water partition coefficient (Wildman–Crippen LogP) is 3.55. The molecule has 0 saturated carbocycles. The highest BCUT2D eigenvalue weighted by Crippen LogP contribution is 2.16. The van der Waals surface area contributed by atoms with E-state index in [1.807, 2.05) is 36.5 Å². The summed E-state index contributed by atoms with van der Waals surface area (Å²) in [6.45, 7) is 0.477. The Morgan fingerprint density at radius 3 is 2.62 bits per heavy atom. The van der Waals surface area contributed by atoms with E-state index in [-0.39, 0.29) is 21.8 Å². The molecule has 0 spiro atoms. The standard InChI is InChI=1S/C17H14Cl2N4O/c18-14-6-7-15(19)22-16(14)17(24)20-10-8-12-2-4-13(5-3-12)23-11-1-9-21-23/h1-7,9,11H,8,10H2,(H,20,24). The molecule has 0 aliphatic rings. The topological polar surface area (TPSA) is 59.8 Å². The molecule has 1 aromatic carbocycles. The maximum absolute atomic E-state index is 12.1. The van der Waals surface area contributed by atoms with Gasteiger partial charge < -0.3 is 5.32 Å². The maximum Gasteiger partial charge on any atom is 0.271 e. The number of rotatable bonds is 5. The third-order valence-corrected chi connectivity index (χ3v) is 3.95. The van der Waals surface area contributed by atoms with Crippen LogP contribution in [0.5, 0.6) is 0 Å². The Labute approximate surface area is 149 Å². The van der Waals surface area contributed by atoms with Crippen LogP contribution in [0.4, 0.5) is 0 Å². The number of hydrogen-bond donors (Lipinski definition) is 1. The molecule has 1 N–H and O–H groups in total. The van der Waals surface area contributed by atoms with E-state index < -0.39 is 0 Å². The van der Waals surface area contributed by atoms with E-state index in [1.165, 1.54) is 0 Å². The van der Waals surface area contributed by atoms with Crippen LogP contribution in [0.1, 0.15) is 16.1 Å². The molecule has 5 nitrogen and oxygen atoms in total. The van der Waals surface area contributed by atoms with Crippen molar-refractivity contribution in [2.75, 3.05) is 6.54 Å². The van der Waals surface area contributed by atoms with Gasteiger partial charge in [0.15, 0.2) is 0 Å². The first-order valence-electron chi connectivity index (χ1n) is 7.33. The van der Waals surface area contributed by atoms with Crippen molar-refractivity contribution in [1.82, 2.24) is 20.1 Å². The zero-order valence-corrected chi connectivity index (χ0v) is 14.1. The van der Waals surface area contributed by atoms with Gasteiger partial charge in [0.05, 0.1) is 10.7 Å². The average molecular weight is 361 g/mol. The highest BCUT2D eigenvalue weighted by Gasteiger charge is 2.12. The predicted molar refractivity (Wildman–Crippen MR) is 93.9 cm³/mol. The molecule has 3 aromatic rings. The van der Waals surface area contributed by atoms with Gasteiger partial charge >= 0.3 is 0 Å². The minimum absolute atomic E-state index is 0.137. The number of nitrogens with zero attached hydrogens (tertiary/aromatic N) is 3. The molecule has 0 radical (unpaired) electrons. The van der Waals surface area contributed by atoms with E-state index in [2.05, 4.69) is 15.4 Å². The number of halogens is 2. The summed E-state index contributed by atoms with van der Waals surface area (Å²) in [5.41, 5.74) is 2.23. The molecule has 0 atom stereocenters. The molecule has 3 rings (SSSR count). The minimum Gasteiger partial charge on any atom is -0.350 e. The van der Waals surface area contributed by atoms with Crippen LogP contribution in [0, 0.1) is 0 Å². The Hall–Kier alpha value is -2.37. The molecule has 24 heavy (non-hydrogen) atoms. The largest absolute Gasteiger partial charge is 0.350 e. The van der Waals surface area contributed by atoms with Gasteiger partial charge in [0, 0.05) is 18.9 Å². The molecule has 0 saturated heterocycles. The van der Waals surface area contributed by atoms with Crippen LogP contribution < -0.4 is 5.32 Å². The Kier molecular flexibility index (Phi) is 5.13. The molecule has 0 unspecified atom stereocenters. The summed E-state index contributed by atoms with van der Waals surface area (Å²) in [7, 11) is 0. The fraction of sp³-hybridized carbons (Fsp3) is 0.118. The van der Waals surface area contributed by atoms with Gasteiger partial charge in [-0.25, -0.2) is 9.67 Å². The number of carbonyl (C=O) groups excluding carboxylic acids is 1. The lowest BCUT2D eigenvalue weighted by Gasteiger charge is -2.07. The van der Waals surface area contributed by atoms with Gasteiger partial charge in [0.1, 0.15) is 10.8 Å². The van der Waals surface area contributed by atoms with Crippen molar-refractivity contribution in [3.8, 4) is 5.69 Å². The lowest BCUT2D eigenvalue weighted by Crippen LogP contribution is -2.26. The van der Waals surface area contributed by atoms with Gasteiger partial charge in [-0.1, -0.05) is 35.3 Å². The SMILES string of the molecule is O=C(NCCc1ccc(-n2cccn2)cc1)c1nc(Cl)ccc1Cl. The number of pyridine rings is 1. The summed E-state index contributed by atoms with van der Waals surface area (Å²) in [6, 6.07) is 13.0. The molecule has 0 fully saturated rings. The average Bonchev–Trinajstić information content (AvgIpc) is 3.12. The van der Waals surface area contributed by atoms with Crippen LogP contribution in [0.15, 0.2) is 54.9 Å². The fourth-order valence-corrected chi connectivity index (χ4v) is 2.56. The molecular formula is C17H14Cl2N4O. The highest BCUT2D eigenvalue weighted by atomic mass is 35.5. The Bertz CT molecular complexity index is 832. The van der Waals surface area contributed by atoms with Crippen LogP contribution in [0.2, 0.25) is 10.2 Å². The van der Waals surface area contributed by atoms with Gasteiger partial charge in [-0.05, 0) is 42.3 Å². The zero-order chi connectivity index (χ0) is 16.9. The smallest absolute Gasteiger partial charge is 0.271 e. The van der Waals surface area contributed by atoms with E-state index in [0.717, 1.165) is 11.3 Å². The summed E-state index contributed by atoms with van der Waals surface area (Å²) >= 11 is 11.8. The van der Waals surface area contributed by atoms with E-state index in [0.29, 0.717) is 13.0 Å². The zero-order valence-electron chi connectivity index (χ0n) is 12.6. The summed E-state index contributed by atoms with van der Waals surface area (Å²) < 4.78 is 1.79. The van der Waals surface area contributed by atoms with Crippen LogP contribution in [-0.4, -0.2) is 27.2 Å². The highest BCUT2D eigenvalue weighted by molar-refractivity contribution is 6.34. The molecular weight excluding hydrogens is 347 g/mol. The molecule has 7 heteroatoms. The Morgan fingerprint density at radius 2 is 1.92 bits per heavy atom. The van der Waals surface area contributed by atoms with Crippen LogP contribution in [0.3, 0.4) is 0 Å². The van der Waals surface area contributed by atoms with Crippen molar-refractivity contribution in [2.45, 2.75) is 6.42 Å². The Balaban J connectivity index is 1.56. The van der Waals surface area contributed by atoms with Crippen LogP contribution in [0.25, 0.3) is 5.69 Å². The second-order valence-corrected chi connectivity index (χ2v) is 5.88. The third kappa shape index (κ3) is 3.93. The first-order valence-corrected chi connectivity index (χ1v) is 8.08. The number of benzene rings is 1. The Morgan fingerprint density at radius 1 is 1.12 bits per heavy atom. The van der Waals surface area contributed by atoms with Crippen molar-refractivity contribution in [3.05, 3.63) is 76.3 Å². The molecule has 1 amide bonds. The maximum atomic E-state index is 12.1. The quantitative estimate of drug-likeness (QED) is 0.707. The fourth-order valence-electron chi connectivity index (χ4n) is 2.22. The van der Waals surface area contributed by atoms with Gasteiger partial charge in [0.2, 0.25) is 0 Å². The van der Waals surface area contributed by atoms with E-state index in [1.54, 1.807) is 23.0 Å². The normalized spacial score (nSPS) is 10.6. The van der Waals surface area contributed by atoms with Gasteiger partial charge in [0.25, 0.3) is 5.91 Å². The van der Waals surface area contributed by atoms with Crippen LogP contribution in [-0.2, 0) is 6.42 Å². The van der Waals surface area contributed by atoms with Gasteiger partial charge in [-0.3, -0.25) is 4.79 Å². The number of amides is 1. The van der Waals surface area contributed by atoms with E-state index in [9.17, 15) is 4.79 Å². The van der Waals surface area contributed by atoms with Crippen molar-refractivity contribution in [3.63, 3.8) is 0 Å². The summed E-state index contributed by atoms with van der Waals surface area (Å²) in [4.78, 5) is 16.0. The summed E-state index contributed by atoms with van der Waals surface area (Å²) in [5.74, 6) is -0.337. The molecule has 2 heterocycles. The lowest BCUT2D eigenvalue weighted by molar-refractivity contribution is 0.0949. The van der Waals surface area contributed by atoms with E-state index in [4.69, 9.17) is 23.2 Å². The second kappa shape index (κ2) is 7.47. The lowest BCUT2D eigenvalue weighted by atomic mass is 10.1. The molecule has 0 aliphatic heterocycles. The van der Waals surface area contributed by atoms with Crippen molar-refractivity contribution in [1.29, 1.82) is 0 Å². The molecule has 2 aromatic heterocycles. The first kappa shape index (κ1) is 16.5. The number of hydrogen-bond acceptors (Lipinski definition) is 3. The van der Waals surface area contributed by atoms with E-state index >= 15 is 0 Å². The van der Waals surface area contributed by atoms with Crippen LogP contribution >= 0.6 is 23.2 Å². The summed E-state index contributed by atoms with van der Waals surface area (Å²) in [5, 5.41) is 7.49. The summed E-state index contributed by atoms with van der Waals surface area (Å²) in [6.07, 6.45) is 4.32.